The van der Waals surface area contributed by atoms with Crippen LogP contribution in [0, 0.1) is 5.82 Å². The van der Waals surface area contributed by atoms with Gasteiger partial charge in [0.25, 0.3) is 0 Å². The lowest BCUT2D eigenvalue weighted by Gasteiger charge is -2.18. The van der Waals surface area contributed by atoms with Crippen LogP contribution < -0.4 is 10.6 Å². The average Bonchev–Trinajstić information content (AvgIpc) is 2.43. The van der Waals surface area contributed by atoms with Crippen molar-refractivity contribution in [3.05, 3.63) is 35.6 Å². The van der Waals surface area contributed by atoms with Crippen molar-refractivity contribution in [3.63, 3.8) is 0 Å². The molecule has 0 radical (unpaired) electrons. The molecule has 19 heavy (non-hydrogen) atoms. The van der Waals surface area contributed by atoms with E-state index in [9.17, 15) is 9.18 Å². The van der Waals surface area contributed by atoms with Crippen LogP contribution in [0.5, 0.6) is 0 Å². The minimum absolute atomic E-state index is 0.198. The number of nitrogens with one attached hydrogen (secondary N) is 2. The summed E-state index contributed by atoms with van der Waals surface area (Å²) in [6.45, 7) is 7.71. The Morgan fingerprint density at radius 2 is 1.89 bits per heavy atom. The maximum Gasteiger partial charge on any atom is 0.315 e. The number of urea groups is 1. The number of amides is 2. The fourth-order valence-corrected chi connectivity index (χ4v) is 1.75. The summed E-state index contributed by atoms with van der Waals surface area (Å²) in [6, 6.07) is 6.15. The lowest BCUT2D eigenvalue weighted by Crippen LogP contribution is -2.40. The molecule has 1 aromatic carbocycles. The van der Waals surface area contributed by atoms with Crippen LogP contribution in [-0.4, -0.2) is 37.1 Å². The summed E-state index contributed by atoms with van der Waals surface area (Å²) >= 11 is 0. The highest BCUT2D eigenvalue weighted by molar-refractivity contribution is 5.73. The van der Waals surface area contributed by atoms with E-state index in [1.54, 1.807) is 18.2 Å². The topological polar surface area (TPSA) is 44.4 Å². The summed E-state index contributed by atoms with van der Waals surface area (Å²) in [7, 11) is 0. The summed E-state index contributed by atoms with van der Waals surface area (Å²) in [5, 5.41) is 5.40. The molecular weight excluding hydrogens is 245 g/mol. The molecule has 0 bridgehead atoms. The van der Waals surface area contributed by atoms with Crippen molar-refractivity contribution in [1.82, 2.24) is 15.5 Å². The van der Waals surface area contributed by atoms with Crippen molar-refractivity contribution < 1.29 is 9.18 Å². The second-order valence-corrected chi connectivity index (χ2v) is 4.23. The number of carbonyl (C=O) groups is 1. The van der Waals surface area contributed by atoms with E-state index in [1.807, 2.05) is 0 Å². The van der Waals surface area contributed by atoms with Crippen molar-refractivity contribution in [3.8, 4) is 0 Å². The monoisotopic (exact) mass is 267 g/mol. The largest absolute Gasteiger partial charge is 0.337 e. The van der Waals surface area contributed by atoms with Crippen LogP contribution >= 0.6 is 0 Å². The van der Waals surface area contributed by atoms with Gasteiger partial charge >= 0.3 is 6.03 Å². The molecule has 0 aromatic heterocycles. The van der Waals surface area contributed by atoms with Crippen molar-refractivity contribution >= 4 is 6.03 Å². The van der Waals surface area contributed by atoms with E-state index in [2.05, 4.69) is 29.4 Å². The van der Waals surface area contributed by atoms with Gasteiger partial charge in [0.05, 0.1) is 0 Å². The summed E-state index contributed by atoms with van der Waals surface area (Å²) < 4.78 is 13.3. The molecule has 106 valence electrons. The molecule has 0 spiro atoms. The zero-order chi connectivity index (χ0) is 14.1. The fourth-order valence-electron chi connectivity index (χ4n) is 1.75. The minimum Gasteiger partial charge on any atom is -0.337 e. The van der Waals surface area contributed by atoms with Crippen LogP contribution in [-0.2, 0) is 6.54 Å². The molecule has 2 amide bonds. The summed E-state index contributed by atoms with van der Waals surface area (Å²) in [6.07, 6.45) is 0. The van der Waals surface area contributed by atoms with Gasteiger partial charge in [0.15, 0.2) is 0 Å². The third-order valence-electron chi connectivity index (χ3n) is 3.01. The van der Waals surface area contributed by atoms with Crippen LogP contribution in [0.25, 0.3) is 0 Å². The Hall–Kier alpha value is -1.62. The van der Waals surface area contributed by atoms with Crippen LogP contribution in [0.1, 0.15) is 19.4 Å². The predicted octanol–water partition coefficient (Wildman–Crippen LogP) is 1.97. The van der Waals surface area contributed by atoms with E-state index in [-0.39, 0.29) is 18.4 Å². The molecular formula is C14H22FN3O. The van der Waals surface area contributed by atoms with Gasteiger partial charge in [-0.05, 0) is 19.2 Å². The van der Waals surface area contributed by atoms with Crippen LogP contribution in [0.15, 0.2) is 24.3 Å². The second kappa shape index (κ2) is 8.48. The van der Waals surface area contributed by atoms with Gasteiger partial charge in [-0.2, -0.15) is 0 Å². The zero-order valence-corrected chi connectivity index (χ0v) is 11.6. The first-order valence-electron chi connectivity index (χ1n) is 6.64. The molecule has 0 fully saturated rings. The number of halogens is 1. The lowest BCUT2D eigenvalue weighted by atomic mass is 10.2. The molecule has 2 N–H and O–H groups in total. The zero-order valence-electron chi connectivity index (χ0n) is 11.6. The third kappa shape index (κ3) is 5.70. The highest BCUT2D eigenvalue weighted by atomic mass is 19.1. The highest BCUT2D eigenvalue weighted by Gasteiger charge is 2.04. The molecule has 0 atom stereocenters. The van der Waals surface area contributed by atoms with Crippen molar-refractivity contribution in [2.75, 3.05) is 26.2 Å². The van der Waals surface area contributed by atoms with Gasteiger partial charge in [0.2, 0.25) is 0 Å². The van der Waals surface area contributed by atoms with Gasteiger partial charge in [0, 0.05) is 25.2 Å². The average molecular weight is 267 g/mol. The maximum atomic E-state index is 13.3. The summed E-state index contributed by atoms with van der Waals surface area (Å²) in [5.74, 6) is -0.300. The van der Waals surface area contributed by atoms with E-state index in [0.29, 0.717) is 12.1 Å². The SMILES string of the molecule is CCN(CC)CCNC(=O)NCc1ccccc1F. The first kappa shape index (κ1) is 15.4. The number of benzene rings is 1. The molecule has 1 aromatic rings. The molecule has 0 aliphatic carbocycles. The molecule has 5 heteroatoms. The summed E-state index contributed by atoms with van der Waals surface area (Å²) in [4.78, 5) is 13.7. The Bertz CT molecular complexity index is 394. The molecule has 0 unspecified atom stereocenters. The molecule has 0 aliphatic rings. The van der Waals surface area contributed by atoms with Crippen LogP contribution in [0.3, 0.4) is 0 Å². The summed E-state index contributed by atoms with van der Waals surface area (Å²) in [5.41, 5.74) is 0.487. The molecule has 0 saturated carbocycles. The fraction of sp³-hybridized carbons (Fsp3) is 0.500. The number of rotatable bonds is 7. The molecule has 0 heterocycles. The Morgan fingerprint density at radius 3 is 2.53 bits per heavy atom. The number of likely N-dealkylation sites (N-methyl/N-ethyl adjacent to an activating group) is 1. The first-order chi connectivity index (χ1) is 9.17. The third-order valence-corrected chi connectivity index (χ3v) is 3.01. The number of hydrogen-bond acceptors (Lipinski definition) is 2. The Labute approximate surface area is 114 Å². The molecule has 0 aliphatic heterocycles. The van der Waals surface area contributed by atoms with Crippen molar-refractivity contribution in [2.24, 2.45) is 0 Å². The molecule has 4 nitrogen and oxygen atoms in total. The van der Waals surface area contributed by atoms with Crippen LogP contribution in [0.2, 0.25) is 0 Å². The van der Waals surface area contributed by atoms with Gasteiger partial charge in [-0.25, -0.2) is 9.18 Å². The molecule has 1 rings (SSSR count). The van der Waals surface area contributed by atoms with E-state index in [0.717, 1.165) is 19.6 Å². The smallest absolute Gasteiger partial charge is 0.315 e. The second-order valence-electron chi connectivity index (χ2n) is 4.23. The predicted molar refractivity (Wildman–Crippen MR) is 74.4 cm³/mol. The Morgan fingerprint density at radius 1 is 1.21 bits per heavy atom. The van der Waals surface area contributed by atoms with E-state index >= 15 is 0 Å². The van der Waals surface area contributed by atoms with E-state index in [1.165, 1.54) is 6.07 Å². The first-order valence-corrected chi connectivity index (χ1v) is 6.64. The van der Waals surface area contributed by atoms with Crippen LogP contribution in [0.4, 0.5) is 9.18 Å². The Kier molecular flexibility index (Phi) is 6.89. The van der Waals surface area contributed by atoms with E-state index in [4.69, 9.17) is 0 Å². The quantitative estimate of drug-likeness (QED) is 0.793. The van der Waals surface area contributed by atoms with Gasteiger partial charge in [-0.1, -0.05) is 32.0 Å². The highest BCUT2D eigenvalue weighted by Crippen LogP contribution is 2.05. The van der Waals surface area contributed by atoms with Gasteiger partial charge in [-0.3, -0.25) is 0 Å². The molecule has 0 saturated heterocycles. The number of nitrogens with zero attached hydrogens (tertiary/aromatic N) is 1. The lowest BCUT2D eigenvalue weighted by molar-refractivity contribution is 0.236. The maximum absolute atomic E-state index is 13.3. The number of carbonyl (C=O) groups excluding carboxylic acids is 1. The van der Waals surface area contributed by atoms with Crippen molar-refractivity contribution in [1.29, 1.82) is 0 Å². The van der Waals surface area contributed by atoms with Gasteiger partial charge < -0.3 is 15.5 Å². The van der Waals surface area contributed by atoms with Crippen molar-refractivity contribution in [2.45, 2.75) is 20.4 Å². The number of hydrogen-bond donors (Lipinski definition) is 2. The normalized spacial score (nSPS) is 10.5. The van der Waals surface area contributed by atoms with E-state index < -0.39 is 0 Å². The standard InChI is InChI=1S/C14H22FN3O/c1-3-18(4-2)10-9-16-14(19)17-11-12-7-5-6-8-13(12)15/h5-8H,3-4,9-11H2,1-2H3,(H2,16,17,19). The minimum atomic E-state index is -0.300. The van der Waals surface area contributed by atoms with Gasteiger partial charge in [-0.15, -0.1) is 0 Å². The Balaban J connectivity index is 2.23. The van der Waals surface area contributed by atoms with Gasteiger partial charge in [0.1, 0.15) is 5.82 Å².